The molecule has 1 amide bonds. The highest BCUT2D eigenvalue weighted by atomic mass is 19.1. The van der Waals surface area contributed by atoms with Crippen molar-refractivity contribution in [3.63, 3.8) is 0 Å². The van der Waals surface area contributed by atoms with E-state index in [1.807, 2.05) is 42.9 Å². The van der Waals surface area contributed by atoms with E-state index in [2.05, 4.69) is 20.4 Å². The molecular formula is C21H23FN6O. The second kappa shape index (κ2) is 7.62. The van der Waals surface area contributed by atoms with Crippen molar-refractivity contribution in [3.05, 3.63) is 65.1 Å². The number of hydrogen-bond donors (Lipinski definition) is 1. The van der Waals surface area contributed by atoms with E-state index < -0.39 is 0 Å². The predicted molar refractivity (Wildman–Crippen MR) is 108 cm³/mol. The molecule has 0 radical (unpaired) electrons. The first-order valence-electron chi connectivity index (χ1n) is 9.57. The number of likely N-dealkylation sites (N-methyl/N-ethyl adjacent to an activating group) is 1. The van der Waals surface area contributed by atoms with Crippen LogP contribution in [0.1, 0.15) is 29.6 Å². The van der Waals surface area contributed by atoms with Crippen LogP contribution in [0, 0.1) is 12.7 Å². The topological polar surface area (TPSA) is 75.9 Å². The van der Waals surface area contributed by atoms with Gasteiger partial charge in [0.15, 0.2) is 5.82 Å². The molecule has 0 unspecified atom stereocenters. The number of aryl methyl sites for hydroxylation is 3. The van der Waals surface area contributed by atoms with Crippen molar-refractivity contribution >= 4 is 17.4 Å². The minimum absolute atomic E-state index is 0.0481. The van der Waals surface area contributed by atoms with Gasteiger partial charge >= 0.3 is 0 Å². The molecule has 2 aromatic heterocycles. The molecule has 3 aromatic rings. The molecule has 150 valence electrons. The minimum atomic E-state index is -0.269. The average Bonchev–Trinajstić information content (AvgIpc) is 3.15. The fourth-order valence-electron chi connectivity index (χ4n) is 3.37. The average molecular weight is 394 g/mol. The zero-order chi connectivity index (χ0) is 20.5. The normalized spacial score (nSPS) is 15.9. The first kappa shape index (κ1) is 19.0. The largest absolute Gasteiger partial charge is 0.346 e. The van der Waals surface area contributed by atoms with Crippen LogP contribution in [0.2, 0.25) is 0 Å². The Balaban J connectivity index is 1.45. The van der Waals surface area contributed by atoms with E-state index >= 15 is 0 Å². The number of anilines is 2. The summed E-state index contributed by atoms with van der Waals surface area (Å²) in [4.78, 5) is 23.1. The zero-order valence-corrected chi connectivity index (χ0v) is 16.7. The Labute approximate surface area is 168 Å². The van der Waals surface area contributed by atoms with Crippen LogP contribution in [0.4, 0.5) is 15.9 Å². The van der Waals surface area contributed by atoms with Gasteiger partial charge in [-0.2, -0.15) is 5.10 Å². The summed E-state index contributed by atoms with van der Waals surface area (Å²) in [6.45, 7) is 4.33. The summed E-state index contributed by atoms with van der Waals surface area (Å²) >= 11 is 0. The Kier molecular flexibility index (Phi) is 5.00. The van der Waals surface area contributed by atoms with Crippen LogP contribution < -0.4 is 10.2 Å². The lowest BCUT2D eigenvalue weighted by molar-refractivity contribution is -0.117. The maximum Gasteiger partial charge on any atom is 0.246 e. The molecule has 1 aromatic carbocycles. The van der Waals surface area contributed by atoms with Gasteiger partial charge in [-0.15, -0.1) is 0 Å². The van der Waals surface area contributed by atoms with Gasteiger partial charge < -0.3 is 10.2 Å². The number of nitrogens with zero attached hydrogens (tertiary/aromatic N) is 5. The number of amides is 1. The van der Waals surface area contributed by atoms with Crippen LogP contribution in [0.25, 0.3) is 0 Å². The second-order valence-electron chi connectivity index (χ2n) is 7.37. The van der Waals surface area contributed by atoms with Gasteiger partial charge in [0, 0.05) is 19.7 Å². The number of carbonyl (C=O) groups excluding carboxylic acids is 1. The fraction of sp³-hybridized carbons (Fsp3) is 0.333. The second-order valence-corrected chi connectivity index (χ2v) is 7.37. The van der Waals surface area contributed by atoms with Gasteiger partial charge in [-0.25, -0.2) is 14.4 Å². The van der Waals surface area contributed by atoms with Gasteiger partial charge in [0.05, 0.1) is 18.4 Å². The van der Waals surface area contributed by atoms with Crippen LogP contribution in [0.15, 0.2) is 36.7 Å². The molecule has 7 nitrogen and oxygen atoms in total. The highest BCUT2D eigenvalue weighted by molar-refractivity contribution is 6.02. The van der Waals surface area contributed by atoms with Gasteiger partial charge in [-0.3, -0.25) is 9.48 Å². The molecule has 0 fully saturated rings. The molecule has 29 heavy (non-hydrogen) atoms. The number of rotatable bonds is 5. The summed E-state index contributed by atoms with van der Waals surface area (Å²) in [7, 11) is 1.87. The lowest BCUT2D eigenvalue weighted by Crippen LogP contribution is -2.45. The molecule has 0 saturated heterocycles. The van der Waals surface area contributed by atoms with Gasteiger partial charge in [-0.05, 0) is 43.5 Å². The number of hydrogen-bond acceptors (Lipinski definition) is 5. The summed E-state index contributed by atoms with van der Waals surface area (Å²) < 4.78 is 14.9. The monoisotopic (exact) mass is 394 g/mol. The number of halogens is 1. The SMILES string of the molecule is Cc1nc(CCc2cnn(Cc3ccc(F)cc3)c2)nc2c1NC(=O)[C@H](C)N2C. The molecule has 4 rings (SSSR count). The molecule has 0 aliphatic carbocycles. The molecule has 0 spiro atoms. The Bertz CT molecular complexity index is 1050. The summed E-state index contributed by atoms with van der Waals surface area (Å²) in [5.74, 6) is 1.21. The van der Waals surface area contributed by atoms with E-state index in [4.69, 9.17) is 0 Å². The quantitative estimate of drug-likeness (QED) is 0.720. The number of nitrogens with one attached hydrogen (secondary N) is 1. The van der Waals surface area contributed by atoms with E-state index in [-0.39, 0.29) is 17.8 Å². The Morgan fingerprint density at radius 2 is 1.90 bits per heavy atom. The molecule has 1 aliphatic rings. The van der Waals surface area contributed by atoms with Crippen LogP contribution >= 0.6 is 0 Å². The highest BCUT2D eigenvalue weighted by Gasteiger charge is 2.30. The van der Waals surface area contributed by atoms with E-state index in [0.29, 0.717) is 18.7 Å². The standard InChI is InChI=1S/C21H23FN6O/c1-13-19-20(27(3)14(2)21(29)26-19)25-18(24-13)9-6-16-10-23-28(12-16)11-15-4-7-17(22)8-5-15/h4-5,7-8,10,12,14H,6,9,11H2,1-3H3,(H,26,29)/t14-/m0/s1. The summed E-state index contributed by atoms with van der Waals surface area (Å²) in [5.41, 5.74) is 3.53. The Hall–Kier alpha value is -3.29. The van der Waals surface area contributed by atoms with Crippen molar-refractivity contribution in [1.29, 1.82) is 0 Å². The van der Waals surface area contributed by atoms with Crippen molar-refractivity contribution < 1.29 is 9.18 Å². The van der Waals surface area contributed by atoms with E-state index in [1.165, 1.54) is 12.1 Å². The number of carbonyl (C=O) groups is 1. The third-order valence-corrected chi connectivity index (χ3v) is 5.24. The Morgan fingerprint density at radius 1 is 1.14 bits per heavy atom. The van der Waals surface area contributed by atoms with Gasteiger partial charge in [-0.1, -0.05) is 12.1 Å². The van der Waals surface area contributed by atoms with E-state index in [1.54, 1.807) is 12.1 Å². The molecule has 8 heteroatoms. The molecule has 1 aliphatic heterocycles. The fourth-order valence-corrected chi connectivity index (χ4v) is 3.37. The third kappa shape index (κ3) is 3.96. The van der Waals surface area contributed by atoms with Crippen LogP contribution in [0.3, 0.4) is 0 Å². The van der Waals surface area contributed by atoms with Crippen LogP contribution in [-0.4, -0.2) is 38.7 Å². The van der Waals surface area contributed by atoms with E-state index in [9.17, 15) is 9.18 Å². The summed E-state index contributed by atoms with van der Waals surface area (Å²) in [6.07, 6.45) is 5.26. The number of benzene rings is 1. The Morgan fingerprint density at radius 3 is 2.66 bits per heavy atom. The van der Waals surface area contributed by atoms with Gasteiger partial charge in [0.2, 0.25) is 5.91 Å². The van der Waals surface area contributed by atoms with E-state index in [0.717, 1.165) is 34.9 Å². The van der Waals surface area contributed by atoms with Crippen molar-refractivity contribution in [2.45, 2.75) is 39.3 Å². The lowest BCUT2D eigenvalue weighted by Gasteiger charge is -2.32. The minimum Gasteiger partial charge on any atom is -0.346 e. The molecule has 3 heterocycles. The van der Waals surface area contributed by atoms with Crippen LogP contribution in [0.5, 0.6) is 0 Å². The molecule has 1 N–H and O–H groups in total. The third-order valence-electron chi connectivity index (χ3n) is 5.24. The van der Waals surface area contributed by atoms with Gasteiger partial charge in [0.25, 0.3) is 0 Å². The maximum absolute atomic E-state index is 13.0. The first-order valence-corrected chi connectivity index (χ1v) is 9.57. The molecule has 1 atom stereocenters. The zero-order valence-electron chi connectivity index (χ0n) is 16.7. The lowest BCUT2D eigenvalue weighted by atomic mass is 10.1. The summed E-state index contributed by atoms with van der Waals surface area (Å²) in [5, 5.41) is 7.29. The molecular weight excluding hydrogens is 371 g/mol. The number of aromatic nitrogens is 4. The van der Waals surface area contributed by atoms with Gasteiger partial charge in [0.1, 0.15) is 23.4 Å². The molecule has 0 bridgehead atoms. The van der Waals surface area contributed by atoms with Crippen molar-refractivity contribution in [2.75, 3.05) is 17.3 Å². The number of fused-ring (bicyclic) bond motifs is 1. The highest BCUT2D eigenvalue weighted by Crippen LogP contribution is 2.31. The predicted octanol–water partition coefficient (Wildman–Crippen LogP) is 2.73. The van der Waals surface area contributed by atoms with Crippen molar-refractivity contribution in [3.8, 4) is 0 Å². The molecule has 0 saturated carbocycles. The van der Waals surface area contributed by atoms with Crippen LogP contribution in [-0.2, 0) is 24.2 Å². The summed E-state index contributed by atoms with van der Waals surface area (Å²) in [6, 6.07) is 6.16. The smallest absolute Gasteiger partial charge is 0.246 e. The van der Waals surface area contributed by atoms with Crippen molar-refractivity contribution in [2.24, 2.45) is 0 Å². The first-order chi connectivity index (χ1) is 13.9. The maximum atomic E-state index is 13.0. The van der Waals surface area contributed by atoms with Crippen molar-refractivity contribution in [1.82, 2.24) is 19.7 Å².